The summed E-state index contributed by atoms with van der Waals surface area (Å²) in [6.45, 7) is 4.55. The molecule has 80 valence electrons. The van der Waals surface area contributed by atoms with Crippen LogP contribution in [0.4, 0.5) is 0 Å². The van der Waals surface area contributed by atoms with Crippen molar-refractivity contribution in [1.29, 1.82) is 0 Å². The third kappa shape index (κ3) is 2.39. The molecule has 0 fully saturated rings. The lowest BCUT2D eigenvalue weighted by Crippen LogP contribution is -2.20. The van der Waals surface area contributed by atoms with E-state index in [1.54, 1.807) is 0 Å². The molecule has 0 aliphatic carbocycles. The summed E-state index contributed by atoms with van der Waals surface area (Å²) in [6.07, 6.45) is 2.85. The fourth-order valence-electron chi connectivity index (χ4n) is 1.73. The number of aryl methyl sites for hydroxylation is 1. The number of aromatic nitrogens is 1. The number of nitrogens with zero attached hydrogens (tertiary/aromatic N) is 1. The number of benzene rings is 1. The van der Waals surface area contributed by atoms with Crippen molar-refractivity contribution in [2.75, 3.05) is 0 Å². The van der Waals surface area contributed by atoms with Gasteiger partial charge in [0.1, 0.15) is 0 Å². The third-order valence-electron chi connectivity index (χ3n) is 2.64. The van der Waals surface area contributed by atoms with E-state index in [2.05, 4.69) is 29.0 Å². The zero-order valence-corrected chi connectivity index (χ0v) is 9.27. The van der Waals surface area contributed by atoms with Crippen LogP contribution in [0.25, 0.3) is 10.9 Å². The minimum Gasteiger partial charge on any atom is -0.390 e. The molecule has 0 unspecified atom stereocenters. The first kappa shape index (κ1) is 10.2. The van der Waals surface area contributed by atoms with Crippen molar-refractivity contribution in [3.05, 3.63) is 36.5 Å². The summed E-state index contributed by atoms with van der Waals surface area (Å²) in [5.74, 6) is 0. The Bertz CT molecular complexity index is 451. The van der Waals surface area contributed by atoms with Crippen LogP contribution in [0.2, 0.25) is 0 Å². The molecule has 0 atom stereocenters. The molecule has 2 nitrogen and oxygen atoms in total. The fourth-order valence-corrected chi connectivity index (χ4v) is 1.73. The van der Waals surface area contributed by atoms with Crippen molar-refractivity contribution < 1.29 is 5.11 Å². The molecule has 0 saturated heterocycles. The van der Waals surface area contributed by atoms with Gasteiger partial charge in [0.15, 0.2) is 0 Å². The summed E-state index contributed by atoms with van der Waals surface area (Å²) in [5, 5.41) is 10.9. The SMILES string of the molecule is CC(C)(O)CCn1ccc2ccccc21. The molecule has 15 heavy (non-hydrogen) atoms. The lowest BCUT2D eigenvalue weighted by molar-refractivity contribution is 0.0666. The van der Waals surface area contributed by atoms with Crippen LogP contribution >= 0.6 is 0 Å². The molecule has 0 aliphatic heterocycles. The second-order valence-electron chi connectivity index (χ2n) is 4.63. The number of aliphatic hydroxyl groups is 1. The molecule has 0 saturated carbocycles. The molecule has 2 rings (SSSR count). The van der Waals surface area contributed by atoms with Crippen LogP contribution in [0.5, 0.6) is 0 Å². The Balaban J connectivity index is 2.22. The van der Waals surface area contributed by atoms with E-state index < -0.39 is 5.60 Å². The van der Waals surface area contributed by atoms with Gasteiger partial charge >= 0.3 is 0 Å². The van der Waals surface area contributed by atoms with Crippen molar-refractivity contribution in [1.82, 2.24) is 4.57 Å². The molecule has 2 aromatic rings. The summed E-state index contributed by atoms with van der Waals surface area (Å²) >= 11 is 0. The Morgan fingerprint density at radius 3 is 2.67 bits per heavy atom. The highest BCUT2D eigenvalue weighted by molar-refractivity contribution is 5.79. The van der Waals surface area contributed by atoms with Crippen LogP contribution < -0.4 is 0 Å². The highest BCUT2D eigenvalue weighted by atomic mass is 16.3. The molecule has 1 aromatic heterocycles. The Morgan fingerprint density at radius 1 is 1.20 bits per heavy atom. The molecule has 0 amide bonds. The van der Waals surface area contributed by atoms with Crippen LogP contribution in [-0.4, -0.2) is 15.3 Å². The minimum absolute atomic E-state index is 0.592. The van der Waals surface area contributed by atoms with Gasteiger partial charge < -0.3 is 9.67 Å². The maximum atomic E-state index is 9.68. The first-order valence-electron chi connectivity index (χ1n) is 5.32. The monoisotopic (exact) mass is 203 g/mol. The minimum atomic E-state index is -0.592. The van der Waals surface area contributed by atoms with E-state index in [9.17, 15) is 5.11 Å². The zero-order valence-electron chi connectivity index (χ0n) is 9.27. The Morgan fingerprint density at radius 2 is 1.93 bits per heavy atom. The predicted octanol–water partition coefficient (Wildman–Crippen LogP) is 2.80. The lowest BCUT2D eigenvalue weighted by atomic mass is 10.1. The molecule has 1 N–H and O–H groups in total. The first-order valence-corrected chi connectivity index (χ1v) is 5.32. The molecule has 0 bridgehead atoms. The quantitative estimate of drug-likeness (QED) is 0.815. The summed E-state index contributed by atoms with van der Waals surface area (Å²) < 4.78 is 2.19. The van der Waals surface area contributed by atoms with Gasteiger partial charge in [0.2, 0.25) is 0 Å². The lowest BCUT2D eigenvalue weighted by Gasteiger charge is -2.17. The number of hydrogen-bond donors (Lipinski definition) is 1. The third-order valence-corrected chi connectivity index (χ3v) is 2.64. The van der Waals surface area contributed by atoms with Crippen LogP contribution in [0, 0.1) is 0 Å². The van der Waals surface area contributed by atoms with E-state index >= 15 is 0 Å². The van der Waals surface area contributed by atoms with Crippen molar-refractivity contribution in [3.63, 3.8) is 0 Å². The Kier molecular flexibility index (Phi) is 2.53. The van der Waals surface area contributed by atoms with Crippen molar-refractivity contribution in [2.24, 2.45) is 0 Å². The maximum absolute atomic E-state index is 9.68. The van der Waals surface area contributed by atoms with E-state index in [1.165, 1.54) is 10.9 Å². The van der Waals surface area contributed by atoms with Gasteiger partial charge in [-0.1, -0.05) is 18.2 Å². The fraction of sp³-hybridized carbons (Fsp3) is 0.385. The molecular formula is C13H17NO. The predicted molar refractivity (Wildman–Crippen MR) is 62.9 cm³/mol. The van der Waals surface area contributed by atoms with E-state index in [-0.39, 0.29) is 0 Å². The second-order valence-corrected chi connectivity index (χ2v) is 4.63. The van der Waals surface area contributed by atoms with Gasteiger partial charge in [0.05, 0.1) is 5.60 Å². The first-order chi connectivity index (χ1) is 7.06. The Hall–Kier alpha value is -1.28. The molecule has 1 heterocycles. The van der Waals surface area contributed by atoms with Crippen LogP contribution in [-0.2, 0) is 6.54 Å². The number of fused-ring (bicyclic) bond motifs is 1. The topological polar surface area (TPSA) is 25.2 Å². The second kappa shape index (κ2) is 3.70. The Labute approximate surface area is 90.2 Å². The van der Waals surface area contributed by atoms with E-state index in [0.717, 1.165) is 13.0 Å². The van der Waals surface area contributed by atoms with Crippen molar-refractivity contribution in [3.8, 4) is 0 Å². The van der Waals surface area contributed by atoms with E-state index in [4.69, 9.17) is 0 Å². The van der Waals surface area contributed by atoms with Gasteiger partial charge in [-0.15, -0.1) is 0 Å². The summed E-state index contributed by atoms with van der Waals surface area (Å²) in [7, 11) is 0. The van der Waals surface area contributed by atoms with Gasteiger partial charge in [-0.3, -0.25) is 0 Å². The molecule has 0 spiro atoms. The summed E-state index contributed by atoms with van der Waals surface area (Å²) in [6, 6.07) is 10.4. The number of hydrogen-bond acceptors (Lipinski definition) is 1. The normalized spacial score (nSPS) is 12.2. The van der Waals surface area contributed by atoms with Gasteiger partial charge in [-0.2, -0.15) is 0 Å². The molecule has 1 aromatic carbocycles. The molecular weight excluding hydrogens is 186 g/mol. The van der Waals surface area contributed by atoms with Crippen molar-refractivity contribution >= 4 is 10.9 Å². The smallest absolute Gasteiger partial charge is 0.0608 e. The van der Waals surface area contributed by atoms with E-state index in [1.807, 2.05) is 26.0 Å². The highest BCUT2D eigenvalue weighted by Gasteiger charge is 2.12. The zero-order chi connectivity index (χ0) is 10.9. The molecule has 2 heteroatoms. The van der Waals surface area contributed by atoms with Gasteiger partial charge in [-0.25, -0.2) is 0 Å². The standard InChI is InChI=1S/C13H17NO/c1-13(2,15)8-10-14-9-7-11-5-3-4-6-12(11)14/h3-7,9,15H,8,10H2,1-2H3. The largest absolute Gasteiger partial charge is 0.390 e. The summed E-state index contributed by atoms with van der Waals surface area (Å²) in [5.41, 5.74) is 0.646. The van der Waals surface area contributed by atoms with Gasteiger partial charge in [-0.05, 0) is 37.8 Å². The van der Waals surface area contributed by atoms with Crippen LogP contribution in [0.15, 0.2) is 36.5 Å². The average molecular weight is 203 g/mol. The van der Waals surface area contributed by atoms with Crippen LogP contribution in [0.3, 0.4) is 0 Å². The highest BCUT2D eigenvalue weighted by Crippen LogP contribution is 2.17. The van der Waals surface area contributed by atoms with Gasteiger partial charge in [0.25, 0.3) is 0 Å². The van der Waals surface area contributed by atoms with Gasteiger partial charge in [0, 0.05) is 18.3 Å². The average Bonchev–Trinajstić information content (AvgIpc) is 2.57. The molecule has 0 aliphatic rings. The molecule has 0 radical (unpaired) electrons. The van der Waals surface area contributed by atoms with Crippen molar-refractivity contribution in [2.45, 2.75) is 32.4 Å². The van der Waals surface area contributed by atoms with E-state index in [0.29, 0.717) is 0 Å². The summed E-state index contributed by atoms with van der Waals surface area (Å²) in [4.78, 5) is 0. The number of rotatable bonds is 3. The maximum Gasteiger partial charge on any atom is 0.0608 e. The van der Waals surface area contributed by atoms with Crippen LogP contribution in [0.1, 0.15) is 20.3 Å². The number of para-hydroxylation sites is 1.